The van der Waals surface area contributed by atoms with Crippen molar-refractivity contribution in [2.75, 3.05) is 0 Å². The first-order valence-corrected chi connectivity index (χ1v) is 11.2. The molecule has 0 saturated carbocycles. The van der Waals surface area contributed by atoms with Gasteiger partial charge < -0.3 is 4.74 Å². The second kappa shape index (κ2) is 9.03. The van der Waals surface area contributed by atoms with Crippen LogP contribution in [0.15, 0.2) is 88.8 Å². The van der Waals surface area contributed by atoms with Crippen LogP contribution in [0.4, 0.5) is 8.78 Å². The van der Waals surface area contributed by atoms with Gasteiger partial charge in [-0.3, -0.25) is 13.8 Å². The van der Waals surface area contributed by atoms with Crippen molar-refractivity contribution in [3.63, 3.8) is 0 Å². The van der Waals surface area contributed by atoms with Gasteiger partial charge in [0.2, 0.25) is 5.78 Å². The Balaban J connectivity index is 1.58. The van der Waals surface area contributed by atoms with Crippen LogP contribution in [0.1, 0.15) is 11.1 Å². The fourth-order valence-electron chi connectivity index (χ4n) is 3.71. The van der Waals surface area contributed by atoms with Crippen molar-refractivity contribution in [3.8, 4) is 5.75 Å². The average molecular weight is 464 g/mol. The summed E-state index contributed by atoms with van der Waals surface area (Å²) in [6.07, 6.45) is 0. The number of aromatic nitrogens is 4. The Bertz CT molecular complexity index is 1480. The van der Waals surface area contributed by atoms with Gasteiger partial charge in [-0.05, 0) is 23.8 Å². The molecule has 0 aliphatic heterocycles. The molecule has 0 fully saturated rings. The Morgan fingerprint density at radius 3 is 2.45 bits per heavy atom. The molecule has 166 valence electrons. The average Bonchev–Trinajstić information content (AvgIpc) is 3.25. The maximum absolute atomic E-state index is 13.3. The molecule has 9 heteroatoms. The van der Waals surface area contributed by atoms with E-state index in [0.29, 0.717) is 39.7 Å². The third-order valence-corrected chi connectivity index (χ3v) is 6.18. The minimum Gasteiger partial charge on any atom is -0.435 e. The lowest BCUT2D eigenvalue weighted by Crippen LogP contribution is -2.24. The summed E-state index contributed by atoms with van der Waals surface area (Å²) >= 11 is 1.34. The van der Waals surface area contributed by atoms with Crippen LogP contribution in [0.25, 0.3) is 16.7 Å². The summed E-state index contributed by atoms with van der Waals surface area (Å²) in [5, 5.41) is 9.73. The molecule has 5 aromatic rings. The number of nitrogens with zero attached hydrogens (tertiary/aromatic N) is 4. The molecule has 0 amide bonds. The van der Waals surface area contributed by atoms with Gasteiger partial charge in [0.25, 0.3) is 5.56 Å². The molecule has 0 unspecified atom stereocenters. The molecule has 0 aliphatic carbocycles. The van der Waals surface area contributed by atoms with Crippen molar-refractivity contribution in [2.45, 2.75) is 24.1 Å². The van der Waals surface area contributed by atoms with Gasteiger partial charge in [-0.25, -0.2) is 0 Å². The van der Waals surface area contributed by atoms with E-state index in [0.717, 1.165) is 5.56 Å². The smallest absolute Gasteiger partial charge is 0.387 e. The van der Waals surface area contributed by atoms with Crippen molar-refractivity contribution >= 4 is 28.4 Å². The zero-order chi connectivity index (χ0) is 22.8. The third kappa shape index (κ3) is 4.19. The first-order chi connectivity index (χ1) is 16.1. The zero-order valence-electron chi connectivity index (χ0n) is 17.3. The highest BCUT2D eigenvalue weighted by atomic mass is 32.2. The predicted molar refractivity (Wildman–Crippen MR) is 123 cm³/mol. The van der Waals surface area contributed by atoms with Crippen molar-refractivity contribution in [3.05, 3.63) is 100 Å². The van der Waals surface area contributed by atoms with E-state index in [4.69, 9.17) is 0 Å². The molecule has 0 aliphatic rings. The Morgan fingerprint density at radius 2 is 1.64 bits per heavy atom. The van der Waals surface area contributed by atoms with E-state index in [1.165, 1.54) is 17.8 Å². The van der Waals surface area contributed by atoms with Gasteiger partial charge in [-0.1, -0.05) is 72.4 Å². The number of hydrogen-bond acceptors (Lipinski definition) is 5. The first kappa shape index (κ1) is 21.1. The van der Waals surface area contributed by atoms with Crippen molar-refractivity contribution in [1.82, 2.24) is 19.2 Å². The molecular formula is C24H18F2N4O2S. The van der Waals surface area contributed by atoms with Crippen LogP contribution in [0, 0.1) is 0 Å². The van der Waals surface area contributed by atoms with Crippen molar-refractivity contribution < 1.29 is 13.5 Å². The fraction of sp³-hybridized carbons (Fsp3) is 0.125. The number of fused-ring (bicyclic) bond motifs is 3. The molecule has 6 nitrogen and oxygen atoms in total. The molecule has 0 radical (unpaired) electrons. The normalized spacial score (nSPS) is 11.5. The molecule has 33 heavy (non-hydrogen) atoms. The fourth-order valence-corrected chi connectivity index (χ4v) is 4.64. The summed E-state index contributed by atoms with van der Waals surface area (Å²) in [5.41, 5.74) is 2.11. The number of halogens is 2. The third-order valence-electron chi connectivity index (χ3n) is 5.21. The highest BCUT2D eigenvalue weighted by Gasteiger charge is 2.18. The van der Waals surface area contributed by atoms with Gasteiger partial charge in [0.05, 0.1) is 17.4 Å². The van der Waals surface area contributed by atoms with Crippen LogP contribution in [-0.4, -0.2) is 25.8 Å². The summed E-state index contributed by atoms with van der Waals surface area (Å²) in [7, 11) is 0. The molecule has 0 bridgehead atoms. The summed E-state index contributed by atoms with van der Waals surface area (Å²) < 4.78 is 33.6. The van der Waals surface area contributed by atoms with Crippen LogP contribution in [0.3, 0.4) is 0 Å². The second-order valence-corrected chi connectivity index (χ2v) is 8.23. The minimum atomic E-state index is -2.90. The van der Waals surface area contributed by atoms with Crippen LogP contribution in [-0.2, 0) is 12.3 Å². The van der Waals surface area contributed by atoms with Gasteiger partial charge in [-0.2, -0.15) is 8.78 Å². The maximum Gasteiger partial charge on any atom is 0.387 e. The standard InChI is InChI=1S/C24H18F2N4O2S/c25-22(26)32-20-13-7-4-10-17(20)15-33-24-28-27-23-29(14-16-8-2-1-3-9-16)21(31)18-11-5-6-12-19(18)30(23)24/h1-13,22H,14-15H2. The van der Waals surface area contributed by atoms with E-state index in [-0.39, 0.29) is 11.3 Å². The van der Waals surface area contributed by atoms with E-state index in [9.17, 15) is 13.6 Å². The molecule has 0 atom stereocenters. The monoisotopic (exact) mass is 464 g/mol. The Hall–Kier alpha value is -3.72. The minimum absolute atomic E-state index is 0.125. The van der Waals surface area contributed by atoms with Crippen LogP contribution in [0.2, 0.25) is 0 Å². The Kier molecular flexibility index (Phi) is 5.78. The number of thioether (sulfide) groups is 1. The quantitative estimate of drug-likeness (QED) is 0.318. The molecule has 2 heterocycles. The largest absolute Gasteiger partial charge is 0.435 e. The molecule has 5 rings (SSSR count). The van der Waals surface area contributed by atoms with Gasteiger partial charge in [-0.15, -0.1) is 10.2 Å². The van der Waals surface area contributed by atoms with E-state index in [1.807, 2.05) is 52.9 Å². The molecule has 0 spiro atoms. The van der Waals surface area contributed by atoms with Crippen LogP contribution in [0.5, 0.6) is 5.75 Å². The van der Waals surface area contributed by atoms with Gasteiger partial charge in [0.15, 0.2) is 5.16 Å². The van der Waals surface area contributed by atoms with Crippen LogP contribution >= 0.6 is 11.8 Å². The Morgan fingerprint density at radius 1 is 0.909 bits per heavy atom. The van der Waals surface area contributed by atoms with Gasteiger partial charge in [0, 0.05) is 11.3 Å². The molecule has 0 saturated heterocycles. The summed E-state index contributed by atoms with van der Waals surface area (Å²) in [6.45, 7) is -2.55. The number of para-hydroxylation sites is 2. The highest BCUT2D eigenvalue weighted by Crippen LogP contribution is 2.29. The molecule has 2 aromatic heterocycles. The topological polar surface area (TPSA) is 61.4 Å². The summed E-state index contributed by atoms with van der Waals surface area (Å²) in [5.74, 6) is 0.886. The summed E-state index contributed by atoms with van der Waals surface area (Å²) in [4.78, 5) is 13.3. The molecule has 0 N–H and O–H groups in total. The van der Waals surface area contributed by atoms with Crippen molar-refractivity contribution in [2.24, 2.45) is 0 Å². The van der Waals surface area contributed by atoms with E-state index in [2.05, 4.69) is 14.9 Å². The molecular weight excluding hydrogens is 446 g/mol. The zero-order valence-corrected chi connectivity index (χ0v) is 18.1. The number of ether oxygens (including phenoxy) is 1. The van der Waals surface area contributed by atoms with Gasteiger partial charge >= 0.3 is 6.61 Å². The number of alkyl halides is 2. The van der Waals surface area contributed by atoms with Gasteiger partial charge in [0.1, 0.15) is 5.75 Å². The van der Waals surface area contributed by atoms with E-state index in [1.54, 1.807) is 28.8 Å². The number of rotatable bonds is 7. The SMILES string of the molecule is O=c1c2ccccc2n2c(SCc3ccccc3OC(F)F)nnc2n1Cc1ccccc1. The second-order valence-electron chi connectivity index (χ2n) is 7.29. The summed E-state index contributed by atoms with van der Waals surface area (Å²) in [6, 6.07) is 23.6. The predicted octanol–water partition coefficient (Wildman–Crippen LogP) is 4.99. The van der Waals surface area contributed by atoms with Crippen LogP contribution < -0.4 is 10.3 Å². The molecule has 3 aromatic carbocycles. The first-order valence-electron chi connectivity index (χ1n) is 10.2. The maximum atomic E-state index is 13.3. The lowest BCUT2D eigenvalue weighted by atomic mass is 10.2. The lowest BCUT2D eigenvalue weighted by molar-refractivity contribution is -0.0503. The van der Waals surface area contributed by atoms with Crippen molar-refractivity contribution in [1.29, 1.82) is 0 Å². The lowest BCUT2D eigenvalue weighted by Gasteiger charge is -2.12. The van der Waals surface area contributed by atoms with E-state index >= 15 is 0 Å². The number of benzene rings is 3. The number of hydrogen-bond donors (Lipinski definition) is 0. The Labute approximate surface area is 191 Å². The van der Waals surface area contributed by atoms with E-state index < -0.39 is 6.61 Å². The highest BCUT2D eigenvalue weighted by molar-refractivity contribution is 7.98.